The molecule has 0 amide bonds. The van der Waals surface area contributed by atoms with Crippen molar-refractivity contribution in [2.45, 2.75) is 32.4 Å². The first kappa shape index (κ1) is 13.0. The van der Waals surface area contributed by atoms with Crippen LogP contribution in [0, 0.1) is 0 Å². The third-order valence-electron chi connectivity index (χ3n) is 3.82. The van der Waals surface area contributed by atoms with E-state index in [9.17, 15) is 0 Å². The van der Waals surface area contributed by atoms with Gasteiger partial charge in [0.1, 0.15) is 5.82 Å². The number of aryl methyl sites for hydroxylation is 1. The van der Waals surface area contributed by atoms with Crippen molar-refractivity contribution in [3.63, 3.8) is 0 Å². The zero-order valence-electron chi connectivity index (χ0n) is 12.2. The summed E-state index contributed by atoms with van der Waals surface area (Å²) in [5.41, 5.74) is 0.902. The SMILES string of the molecule is CC(Nc1noc(-c2ccccc2)n1)c1nnc2n1CCC2. The Labute approximate surface area is 127 Å². The largest absolute Gasteiger partial charge is 0.342 e. The molecular formula is C15H16N6O. The highest BCUT2D eigenvalue weighted by atomic mass is 16.5. The normalized spacial score (nSPS) is 14.8. The topological polar surface area (TPSA) is 81.7 Å². The van der Waals surface area contributed by atoms with E-state index in [-0.39, 0.29) is 6.04 Å². The molecular weight excluding hydrogens is 280 g/mol. The van der Waals surface area contributed by atoms with Crippen LogP contribution in [0.2, 0.25) is 0 Å². The summed E-state index contributed by atoms with van der Waals surface area (Å²) in [6.07, 6.45) is 2.13. The van der Waals surface area contributed by atoms with Crippen LogP contribution in [0.25, 0.3) is 11.5 Å². The molecule has 112 valence electrons. The van der Waals surface area contributed by atoms with Gasteiger partial charge in [0.2, 0.25) is 0 Å². The lowest BCUT2D eigenvalue weighted by Gasteiger charge is -2.11. The van der Waals surface area contributed by atoms with E-state index in [0.29, 0.717) is 11.8 Å². The monoisotopic (exact) mass is 296 g/mol. The number of nitrogens with zero attached hydrogens (tertiary/aromatic N) is 5. The van der Waals surface area contributed by atoms with Crippen LogP contribution in [0.1, 0.15) is 31.0 Å². The lowest BCUT2D eigenvalue weighted by atomic mass is 10.2. The first-order valence-electron chi connectivity index (χ1n) is 7.39. The Morgan fingerprint density at radius 3 is 2.95 bits per heavy atom. The van der Waals surface area contributed by atoms with Crippen molar-refractivity contribution in [3.05, 3.63) is 42.0 Å². The average molecular weight is 296 g/mol. The minimum absolute atomic E-state index is 0.0272. The molecule has 1 aromatic carbocycles. The Morgan fingerprint density at radius 2 is 2.09 bits per heavy atom. The maximum atomic E-state index is 5.30. The molecule has 1 aliphatic rings. The van der Waals surface area contributed by atoms with Crippen molar-refractivity contribution < 1.29 is 4.52 Å². The van der Waals surface area contributed by atoms with Gasteiger partial charge in [0.15, 0.2) is 5.82 Å². The van der Waals surface area contributed by atoms with Crippen LogP contribution in [0.4, 0.5) is 5.95 Å². The van der Waals surface area contributed by atoms with Gasteiger partial charge >= 0.3 is 0 Å². The molecule has 0 fully saturated rings. The van der Waals surface area contributed by atoms with E-state index in [1.807, 2.05) is 37.3 Å². The van der Waals surface area contributed by atoms with E-state index in [1.54, 1.807) is 0 Å². The molecule has 22 heavy (non-hydrogen) atoms. The average Bonchev–Trinajstić information content (AvgIpc) is 3.24. The summed E-state index contributed by atoms with van der Waals surface area (Å²) < 4.78 is 7.46. The van der Waals surface area contributed by atoms with Gasteiger partial charge in [-0.25, -0.2) is 0 Å². The van der Waals surface area contributed by atoms with Crippen molar-refractivity contribution in [3.8, 4) is 11.5 Å². The van der Waals surface area contributed by atoms with Crippen molar-refractivity contribution >= 4 is 5.95 Å². The smallest absolute Gasteiger partial charge is 0.264 e. The fraction of sp³-hybridized carbons (Fsp3) is 0.333. The number of fused-ring (bicyclic) bond motifs is 1. The van der Waals surface area contributed by atoms with Crippen molar-refractivity contribution in [2.75, 3.05) is 5.32 Å². The molecule has 0 saturated carbocycles. The van der Waals surface area contributed by atoms with Crippen LogP contribution < -0.4 is 5.32 Å². The fourth-order valence-electron chi connectivity index (χ4n) is 2.73. The number of rotatable bonds is 4. The first-order valence-corrected chi connectivity index (χ1v) is 7.39. The third-order valence-corrected chi connectivity index (χ3v) is 3.82. The Bertz CT molecular complexity index is 778. The molecule has 0 bridgehead atoms. The summed E-state index contributed by atoms with van der Waals surface area (Å²) in [4.78, 5) is 4.38. The Balaban J connectivity index is 1.53. The molecule has 1 aliphatic heterocycles. The quantitative estimate of drug-likeness (QED) is 0.796. The molecule has 4 rings (SSSR count). The van der Waals surface area contributed by atoms with Gasteiger partial charge in [0.25, 0.3) is 11.8 Å². The predicted molar refractivity (Wildman–Crippen MR) is 80.1 cm³/mol. The molecule has 0 aliphatic carbocycles. The van der Waals surface area contributed by atoms with E-state index in [0.717, 1.165) is 36.6 Å². The Hall–Kier alpha value is -2.70. The van der Waals surface area contributed by atoms with Gasteiger partial charge in [-0.05, 0) is 30.6 Å². The maximum absolute atomic E-state index is 5.30. The molecule has 1 N–H and O–H groups in total. The minimum atomic E-state index is -0.0272. The van der Waals surface area contributed by atoms with Gasteiger partial charge < -0.3 is 14.4 Å². The van der Waals surface area contributed by atoms with E-state index in [1.165, 1.54) is 0 Å². The second-order valence-corrected chi connectivity index (χ2v) is 5.38. The first-order chi connectivity index (χ1) is 10.8. The van der Waals surface area contributed by atoms with Gasteiger partial charge in [-0.2, -0.15) is 4.98 Å². The molecule has 2 aromatic heterocycles. The van der Waals surface area contributed by atoms with Gasteiger partial charge in [0.05, 0.1) is 6.04 Å². The summed E-state index contributed by atoms with van der Waals surface area (Å²) in [7, 11) is 0. The summed E-state index contributed by atoms with van der Waals surface area (Å²) in [6.45, 7) is 3.00. The van der Waals surface area contributed by atoms with Gasteiger partial charge in [-0.3, -0.25) is 0 Å². The van der Waals surface area contributed by atoms with E-state index < -0.39 is 0 Å². The summed E-state index contributed by atoms with van der Waals surface area (Å²) in [5.74, 6) is 2.93. The Morgan fingerprint density at radius 1 is 1.23 bits per heavy atom. The van der Waals surface area contributed by atoms with Crippen molar-refractivity contribution in [1.29, 1.82) is 0 Å². The molecule has 0 radical (unpaired) electrons. The van der Waals surface area contributed by atoms with Gasteiger partial charge in [0, 0.05) is 18.5 Å². The van der Waals surface area contributed by atoms with Crippen LogP contribution in [0.5, 0.6) is 0 Å². The highest BCUT2D eigenvalue weighted by molar-refractivity contribution is 5.53. The zero-order chi connectivity index (χ0) is 14.9. The van der Waals surface area contributed by atoms with E-state index >= 15 is 0 Å². The van der Waals surface area contributed by atoms with Crippen LogP contribution in [0.3, 0.4) is 0 Å². The number of hydrogen-bond donors (Lipinski definition) is 1. The van der Waals surface area contributed by atoms with E-state index in [2.05, 4.69) is 30.2 Å². The second-order valence-electron chi connectivity index (χ2n) is 5.38. The summed E-state index contributed by atoms with van der Waals surface area (Å²) in [6, 6.07) is 9.68. The number of anilines is 1. The lowest BCUT2D eigenvalue weighted by molar-refractivity contribution is 0.431. The predicted octanol–water partition coefficient (Wildman–Crippen LogP) is 2.45. The molecule has 0 spiro atoms. The highest BCUT2D eigenvalue weighted by Gasteiger charge is 2.22. The lowest BCUT2D eigenvalue weighted by Crippen LogP contribution is -2.14. The number of aromatic nitrogens is 5. The summed E-state index contributed by atoms with van der Waals surface area (Å²) in [5, 5.41) is 15.7. The van der Waals surface area contributed by atoms with Crippen LogP contribution in [-0.4, -0.2) is 24.9 Å². The number of benzene rings is 1. The van der Waals surface area contributed by atoms with E-state index in [4.69, 9.17) is 4.52 Å². The molecule has 1 unspecified atom stereocenters. The number of hydrogen-bond acceptors (Lipinski definition) is 6. The molecule has 7 nitrogen and oxygen atoms in total. The molecule has 3 heterocycles. The van der Waals surface area contributed by atoms with Crippen LogP contribution in [0.15, 0.2) is 34.9 Å². The molecule has 1 atom stereocenters. The third kappa shape index (κ3) is 2.24. The Kier molecular flexibility index (Phi) is 3.10. The van der Waals surface area contributed by atoms with Gasteiger partial charge in [-0.1, -0.05) is 18.2 Å². The van der Waals surface area contributed by atoms with Crippen LogP contribution >= 0.6 is 0 Å². The fourth-order valence-corrected chi connectivity index (χ4v) is 2.73. The van der Waals surface area contributed by atoms with Crippen LogP contribution in [-0.2, 0) is 13.0 Å². The number of nitrogens with one attached hydrogen (secondary N) is 1. The molecule has 0 saturated heterocycles. The molecule has 3 aromatic rings. The van der Waals surface area contributed by atoms with Crippen molar-refractivity contribution in [2.24, 2.45) is 0 Å². The second kappa shape index (κ2) is 5.25. The standard InChI is InChI=1S/C15H16N6O/c1-10(13-19-18-12-8-5-9-21(12)13)16-15-17-14(22-20-15)11-6-3-2-4-7-11/h2-4,6-7,10H,5,8-9H2,1H3,(H,16,20). The van der Waals surface area contributed by atoms with Crippen molar-refractivity contribution in [1.82, 2.24) is 24.9 Å². The van der Waals surface area contributed by atoms with Gasteiger partial charge in [-0.15, -0.1) is 10.2 Å². The zero-order valence-corrected chi connectivity index (χ0v) is 12.2. The maximum Gasteiger partial charge on any atom is 0.264 e. The molecule has 7 heteroatoms. The summed E-state index contributed by atoms with van der Waals surface area (Å²) >= 11 is 0. The highest BCUT2D eigenvalue weighted by Crippen LogP contribution is 2.23. The minimum Gasteiger partial charge on any atom is -0.342 e.